The number of ether oxygens (including phenoxy) is 2. The van der Waals surface area contributed by atoms with E-state index in [-0.39, 0.29) is 12.1 Å². The van der Waals surface area contributed by atoms with Gasteiger partial charge in [0.05, 0.1) is 17.7 Å². The van der Waals surface area contributed by atoms with Gasteiger partial charge in [-0.2, -0.15) is 0 Å². The third-order valence-corrected chi connectivity index (χ3v) is 3.28. The first kappa shape index (κ1) is 11.9. The van der Waals surface area contributed by atoms with Gasteiger partial charge in [-0.1, -0.05) is 6.07 Å². The Hall–Kier alpha value is -0.580. The molecule has 2 atom stereocenters. The summed E-state index contributed by atoms with van der Waals surface area (Å²) in [5, 5.41) is 0. The molecule has 0 spiro atoms. The molecule has 0 aromatic heterocycles. The largest absolute Gasteiger partial charge is 0.487 e. The van der Waals surface area contributed by atoms with Crippen molar-refractivity contribution in [1.82, 2.24) is 0 Å². The minimum absolute atomic E-state index is 0.0418. The van der Waals surface area contributed by atoms with Gasteiger partial charge in [-0.05, 0) is 40.5 Å². The Kier molecular flexibility index (Phi) is 3.84. The summed E-state index contributed by atoms with van der Waals surface area (Å²) in [6, 6.07) is 6.01. The van der Waals surface area contributed by atoms with E-state index < -0.39 is 0 Å². The number of halogens is 1. The van der Waals surface area contributed by atoms with Gasteiger partial charge in [0.15, 0.2) is 0 Å². The molecule has 3 nitrogen and oxygen atoms in total. The molecule has 0 amide bonds. The second kappa shape index (κ2) is 5.17. The van der Waals surface area contributed by atoms with Crippen LogP contribution in [0, 0.1) is 0 Å². The molecule has 0 bridgehead atoms. The fourth-order valence-electron chi connectivity index (χ4n) is 1.68. The molecule has 1 heterocycles. The standard InChI is InChI=1S/C12H16BrNO2/c1-8(14)9-2-3-12(11(13)6-9)16-10-4-5-15-7-10/h2-3,6,8,10H,4-5,7,14H2,1H3. The molecule has 1 fully saturated rings. The predicted octanol–water partition coefficient (Wildman–Crippen LogP) is 2.64. The average Bonchev–Trinajstić information content (AvgIpc) is 2.73. The zero-order valence-electron chi connectivity index (χ0n) is 9.28. The van der Waals surface area contributed by atoms with E-state index in [0.29, 0.717) is 6.61 Å². The van der Waals surface area contributed by atoms with Crippen LogP contribution < -0.4 is 10.5 Å². The molecule has 2 N–H and O–H groups in total. The highest BCUT2D eigenvalue weighted by Gasteiger charge is 2.18. The minimum atomic E-state index is 0.0418. The minimum Gasteiger partial charge on any atom is -0.487 e. The van der Waals surface area contributed by atoms with Gasteiger partial charge in [0, 0.05) is 12.5 Å². The molecule has 2 unspecified atom stereocenters. The van der Waals surface area contributed by atoms with Gasteiger partial charge in [0.1, 0.15) is 11.9 Å². The van der Waals surface area contributed by atoms with Crippen LogP contribution in [0.5, 0.6) is 5.75 Å². The Labute approximate surface area is 104 Å². The maximum absolute atomic E-state index is 5.83. The van der Waals surface area contributed by atoms with E-state index in [4.69, 9.17) is 15.2 Å². The van der Waals surface area contributed by atoms with Crippen molar-refractivity contribution in [3.05, 3.63) is 28.2 Å². The van der Waals surface area contributed by atoms with Crippen molar-refractivity contribution in [2.75, 3.05) is 13.2 Å². The van der Waals surface area contributed by atoms with Crippen molar-refractivity contribution in [2.24, 2.45) is 5.73 Å². The van der Waals surface area contributed by atoms with E-state index in [1.807, 2.05) is 25.1 Å². The van der Waals surface area contributed by atoms with Crippen LogP contribution in [-0.4, -0.2) is 19.3 Å². The summed E-state index contributed by atoms with van der Waals surface area (Å²) in [6.07, 6.45) is 1.14. The molecular weight excluding hydrogens is 270 g/mol. The second-order valence-electron chi connectivity index (χ2n) is 4.08. The van der Waals surface area contributed by atoms with Crippen LogP contribution in [-0.2, 0) is 4.74 Å². The molecule has 1 aliphatic heterocycles. The lowest BCUT2D eigenvalue weighted by Gasteiger charge is -2.15. The van der Waals surface area contributed by atoms with Gasteiger partial charge in [-0.3, -0.25) is 0 Å². The summed E-state index contributed by atoms with van der Waals surface area (Å²) < 4.78 is 12.1. The second-order valence-corrected chi connectivity index (χ2v) is 4.94. The van der Waals surface area contributed by atoms with Gasteiger partial charge < -0.3 is 15.2 Å². The summed E-state index contributed by atoms with van der Waals surface area (Å²) in [5.74, 6) is 0.861. The van der Waals surface area contributed by atoms with E-state index >= 15 is 0 Å². The summed E-state index contributed by atoms with van der Waals surface area (Å²) >= 11 is 3.50. The Balaban J connectivity index is 2.09. The molecule has 1 aromatic carbocycles. The van der Waals surface area contributed by atoms with Crippen molar-refractivity contribution >= 4 is 15.9 Å². The number of hydrogen-bond donors (Lipinski definition) is 1. The van der Waals surface area contributed by atoms with Crippen LogP contribution >= 0.6 is 15.9 Å². The lowest BCUT2D eigenvalue weighted by atomic mass is 10.1. The number of benzene rings is 1. The van der Waals surface area contributed by atoms with E-state index in [2.05, 4.69) is 15.9 Å². The van der Waals surface area contributed by atoms with Crippen LogP contribution in [0.2, 0.25) is 0 Å². The Morgan fingerprint density at radius 1 is 1.56 bits per heavy atom. The Morgan fingerprint density at radius 2 is 2.38 bits per heavy atom. The quantitative estimate of drug-likeness (QED) is 0.929. The smallest absolute Gasteiger partial charge is 0.134 e. The van der Waals surface area contributed by atoms with E-state index in [9.17, 15) is 0 Å². The molecule has 0 saturated carbocycles. The van der Waals surface area contributed by atoms with Gasteiger partial charge in [0.2, 0.25) is 0 Å². The van der Waals surface area contributed by atoms with Gasteiger partial charge in [0.25, 0.3) is 0 Å². The molecule has 1 aromatic rings. The maximum atomic E-state index is 5.83. The number of rotatable bonds is 3. The molecular formula is C12H16BrNO2. The monoisotopic (exact) mass is 285 g/mol. The van der Waals surface area contributed by atoms with Crippen LogP contribution in [0.1, 0.15) is 24.9 Å². The first-order valence-electron chi connectivity index (χ1n) is 5.46. The van der Waals surface area contributed by atoms with Crippen molar-refractivity contribution < 1.29 is 9.47 Å². The third-order valence-electron chi connectivity index (χ3n) is 2.66. The molecule has 0 radical (unpaired) electrons. The molecule has 88 valence electrons. The Morgan fingerprint density at radius 3 is 2.94 bits per heavy atom. The molecule has 1 aliphatic rings. The van der Waals surface area contributed by atoms with Gasteiger partial charge in [-0.15, -0.1) is 0 Å². The summed E-state index contributed by atoms with van der Waals surface area (Å²) in [7, 11) is 0. The van der Waals surface area contributed by atoms with Crippen molar-refractivity contribution in [3.8, 4) is 5.75 Å². The zero-order valence-corrected chi connectivity index (χ0v) is 10.9. The lowest BCUT2D eigenvalue weighted by Crippen LogP contribution is -2.16. The van der Waals surface area contributed by atoms with Crippen LogP contribution in [0.4, 0.5) is 0 Å². The number of nitrogens with two attached hydrogens (primary N) is 1. The predicted molar refractivity (Wildman–Crippen MR) is 66.6 cm³/mol. The molecule has 1 saturated heterocycles. The summed E-state index contributed by atoms with van der Waals surface area (Å²) in [4.78, 5) is 0. The molecule has 16 heavy (non-hydrogen) atoms. The summed E-state index contributed by atoms with van der Waals surface area (Å²) in [6.45, 7) is 3.44. The lowest BCUT2D eigenvalue weighted by molar-refractivity contribution is 0.141. The first-order valence-corrected chi connectivity index (χ1v) is 6.25. The van der Waals surface area contributed by atoms with E-state index in [1.54, 1.807) is 0 Å². The normalized spacial score (nSPS) is 22.1. The Bertz CT molecular complexity index is 362. The van der Waals surface area contributed by atoms with Crippen molar-refractivity contribution in [3.63, 3.8) is 0 Å². The topological polar surface area (TPSA) is 44.5 Å². The van der Waals surface area contributed by atoms with E-state index in [1.165, 1.54) is 0 Å². The van der Waals surface area contributed by atoms with Crippen LogP contribution in [0.3, 0.4) is 0 Å². The average molecular weight is 286 g/mol. The molecule has 0 aliphatic carbocycles. The first-order chi connectivity index (χ1) is 7.66. The maximum Gasteiger partial charge on any atom is 0.134 e. The fourth-order valence-corrected chi connectivity index (χ4v) is 2.17. The van der Waals surface area contributed by atoms with Crippen LogP contribution in [0.25, 0.3) is 0 Å². The molecule has 4 heteroatoms. The number of hydrogen-bond acceptors (Lipinski definition) is 3. The van der Waals surface area contributed by atoms with Crippen LogP contribution in [0.15, 0.2) is 22.7 Å². The third kappa shape index (κ3) is 2.75. The zero-order chi connectivity index (χ0) is 11.5. The van der Waals surface area contributed by atoms with Crippen molar-refractivity contribution in [1.29, 1.82) is 0 Å². The van der Waals surface area contributed by atoms with E-state index in [0.717, 1.165) is 28.8 Å². The van der Waals surface area contributed by atoms with Gasteiger partial charge in [-0.25, -0.2) is 0 Å². The van der Waals surface area contributed by atoms with Crippen molar-refractivity contribution in [2.45, 2.75) is 25.5 Å². The van der Waals surface area contributed by atoms with Gasteiger partial charge >= 0.3 is 0 Å². The highest BCUT2D eigenvalue weighted by atomic mass is 79.9. The molecule has 2 rings (SSSR count). The fraction of sp³-hybridized carbons (Fsp3) is 0.500. The highest BCUT2D eigenvalue weighted by molar-refractivity contribution is 9.10. The SMILES string of the molecule is CC(N)c1ccc(OC2CCOC2)c(Br)c1. The highest BCUT2D eigenvalue weighted by Crippen LogP contribution is 2.29. The summed E-state index contributed by atoms with van der Waals surface area (Å²) in [5.41, 5.74) is 6.91.